The van der Waals surface area contributed by atoms with Crippen molar-refractivity contribution in [3.63, 3.8) is 0 Å². The third-order valence-corrected chi connectivity index (χ3v) is 7.17. The average Bonchev–Trinajstić information content (AvgIpc) is 2.79. The van der Waals surface area contributed by atoms with E-state index in [0.717, 1.165) is 11.8 Å². The van der Waals surface area contributed by atoms with Crippen LogP contribution in [0.2, 0.25) is 0 Å². The van der Waals surface area contributed by atoms with E-state index in [1.807, 2.05) is 0 Å². The van der Waals surface area contributed by atoms with Gasteiger partial charge < -0.3 is 5.73 Å². The molecule has 1 heterocycles. The van der Waals surface area contributed by atoms with Crippen molar-refractivity contribution in [1.29, 1.82) is 0 Å². The molecular formula is C17H30N2. The quantitative estimate of drug-likeness (QED) is 0.828. The minimum atomic E-state index is 0.00966. The van der Waals surface area contributed by atoms with Crippen molar-refractivity contribution in [2.45, 2.75) is 76.3 Å². The Balaban J connectivity index is 1.71. The molecule has 2 atom stereocenters. The first kappa shape index (κ1) is 12.6. The molecule has 5 fully saturated rings. The van der Waals surface area contributed by atoms with E-state index in [9.17, 15) is 0 Å². The standard InChI is InChI=1S/C17H30N2/c1-15(2,18)16-8-13-7-14(9-16)11-17(10-13,12-16)19-5-3-4-6-19/h13-14H,3-12,18H2,1-2H3. The number of likely N-dealkylation sites (tertiary alicyclic amines) is 1. The Morgan fingerprint density at radius 2 is 1.58 bits per heavy atom. The maximum absolute atomic E-state index is 6.67. The molecule has 19 heavy (non-hydrogen) atoms. The highest BCUT2D eigenvalue weighted by molar-refractivity contribution is 5.17. The van der Waals surface area contributed by atoms with Crippen LogP contribution in [0.4, 0.5) is 0 Å². The molecule has 108 valence electrons. The predicted molar refractivity (Wildman–Crippen MR) is 78.9 cm³/mol. The fraction of sp³-hybridized carbons (Fsp3) is 1.00. The Hall–Kier alpha value is -0.0800. The van der Waals surface area contributed by atoms with Crippen LogP contribution in [0.5, 0.6) is 0 Å². The molecule has 2 heteroatoms. The van der Waals surface area contributed by atoms with E-state index in [1.54, 1.807) is 0 Å². The molecule has 0 aromatic heterocycles. The highest BCUT2D eigenvalue weighted by atomic mass is 15.2. The van der Waals surface area contributed by atoms with E-state index < -0.39 is 0 Å². The first-order chi connectivity index (χ1) is 8.93. The van der Waals surface area contributed by atoms with E-state index in [2.05, 4.69) is 18.7 Å². The molecule has 0 aromatic carbocycles. The summed E-state index contributed by atoms with van der Waals surface area (Å²) in [5, 5.41) is 0. The lowest BCUT2D eigenvalue weighted by Crippen LogP contribution is -2.68. The Morgan fingerprint density at radius 3 is 2.11 bits per heavy atom. The van der Waals surface area contributed by atoms with Gasteiger partial charge in [0.2, 0.25) is 0 Å². The summed E-state index contributed by atoms with van der Waals surface area (Å²) in [5.74, 6) is 1.95. The van der Waals surface area contributed by atoms with Crippen molar-refractivity contribution in [3.05, 3.63) is 0 Å². The zero-order chi connectivity index (χ0) is 13.3. The molecule has 1 aliphatic heterocycles. The first-order valence-electron chi connectivity index (χ1n) is 8.47. The van der Waals surface area contributed by atoms with Gasteiger partial charge >= 0.3 is 0 Å². The zero-order valence-corrected chi connectivity index (χ0v) is 12.8. The summed E-state index contributed by atoms with van der Waals surface area (Å²) in [6.45, 7) is 7.33. The Morgan fingerprint density at radius 1 is 1.00 bits per heavy atom. The Bertz CT molecular complexity index is 361. The van der Waals surface area contributed by atoms with Crippen molar-refractivity contribution in [3.8, 4) is 0 Å². The molecule has 0 radical (unpaired) electrons. The monoisotopic (exact) mass is 262 g/mol. The van der Waals surface area contributed by atoms with Gasteiger partial charge in [0, 0.05) is 11.1 Å². The molecule has 1 saturated heterocycles. The van der Waals surface area contributed by atoms with Gasteiger partial charge in [0.1, 0.15) is 0 Å². The van der Waals surface area contributed by atoms with Crippen molar-refractivity contribution in [2.75, 3.05) is 13.1 Å². The largest absolute Gasteiger partial charge is 0.325 e. The van der Waals surface area contributed by atoms with Crippen molar-refractivity contribution in [2.24, 2.45) is 23.0 Å². The first-order valence-corrected chi connectivity index (χ1v) is 8.47. The Labute approximate surface area is 118 Å². The second-order valence-corrected chi connectivity index (χ2v) is 8.88. The van der Waals surface area contributed by atoms with Gasteiger partial charge in [-0.05, 0) is 95.6 Å². The molecular weight excluding hydrogens is 232 g/mol. The van der Waals surface area contributed by atoms with Crippen LogP contribution in [0, 0.1) is 17.3 Å². The summed E-state index contributed by atoms with van der Waals surface area (Å²) in [6.07, 6.45) is 11.6. The van der Waals surface area contributed by atoms with E-state index in [4.69, 9.17) is 5.73 Å². The molecule has 5 aliphatic rings. The number of rotatable bonds is 2. The molecule has 4 aliphatic carbocycles. The maximum Gasteiger partial charge on any atom is 0.0220 e. The van der Waals surface area contributed by atoms with Gasteiger partial charge in [0.05, 0.1) is 0 Å². The van der Waals surface area contributed by atoms with E-state index >= 15 is 0 Å². The van der Waals surface area contributed by atoms with Crippen molar-refractivity contribution >= 4 is 0 Å². The van der Waals surface area contributed by atoms with Gasteiger partial charge in [-0.2, -0.15) is 0 Å². The lowest BCUT2D eigenvalue weighted by atomic mass is 9.42. The summed E-state index contributed by atoms with van der Waals surface area (Å²) < 4.78 is 0. The van der Waals surface area contributed by atoms with Crippen LogP contribution in [-0.4, -0.2) is 29.1 Å². The minimum Gasteiger partial charge on any atom is -0.325 e. The second-order valence-electron chi connectivity index (χ2n) is 8.88. The topological polar surface area (TPSA) is 29.3 Å². The van der Waals surface area contributed by atoms with Gasteiger partial charge in [-0.3, -0.25) is 4.90 Å². The lowest BCUT2D eigenvalue weighted by molar-refractivity contribution is -0.150. The van der Waals surface area contributed by atoms with Crippen LogP contribution in [0.25, 0.3) is 0 Å². The Kier molecular flexibility index (Phi) is 2.50. The van der Waals surface area contributed by atoms with E-state index in [1.165, 1.54) is 64.5 Å². The minimum absolute atomic E-state index is 0.00966. The fourth-order valence-corrected chi connectivity index (χ4v) is 6.53. The van der Waals surface area contributed by atoms with Crippen LogP contribution < -0.4 is 5.73 Å². The van der Waals surface area contributed by atoms with Crippen molar-refractivity contribution < 1.29 is 0 Å². The van der Waals surface area contributed by atoms with Crippen LogP contribution in [0.3, 0.4) is 0 Å². The zero-order valence-electron chi connectivity index (χ0n) is 12.8. The summed E-state index contributed by atoms with van der Waals surface area (Å²) in [4.78, 5) is 2.88. The van der Waals surface area contributed by atoms with Crippen LogP contribution in [0.15, 0.2) is 0 Å². The lowest BCUT2D eigenvalue weighted by Gasteiger charge is -2.67. The number of hydrogen-bond acceptors (Lipinski definition) is 2. The highest BCUT2D eigenvalue weighted by Gasteiger charge is 2.62. The SMILES string of the molecule is CC(C)(N)C12CC3CC(CC(N4CCCC4)(C3)C1)C2. The normalized spacial score (nSPS) is 50.1. The third-order valence-electron chi connectivity index (χ3n) is 7.17. The fourth-order valence-electron chi connectivity index (χ4n) is 6.53. The highest BCUT2D eigenvalue weighted by Crippen LogP contribution is 2.66. The molecule has 0 aromatic rings. The van der Waals surface area contributed by atoms with Gasteiger partial charge in [0.25, 0.3) is 0 Å². The smallest absolute Gasteiger partial charge is 0.0220 e. The van der Waals surface area contributed by atoms with Gasteiger partial charge in [-0.1, -0.05) is 0 Å². The van der Waals surface area contributed by atoms with Crippen LogP contribution in [0.1, 0.15) is 65.2 Å². The number of nitrogens with zero attached hydrogens (tertiary/aromatic N) is 1. The van der Waals surface area contributed by atoms with E-state index in [0.29, 0.717) is 11.0 Å². The van der Waals surface area contributed by atoms with Gasteiger partial charge in [-0.15, -0.1) is 0 Å². The molecule has 5 rings (SSSR count). The predicted octanol–water partition coefficient (Wildman–Crippen LogP) is 3.16. The third kappa shape index (κ3) is 1.68. The summed E-state index contributed by atoms with van der Waals surface area (Å²) in [7, 11) is 0. The summed E-state index contributed by atoms with van der Waals surface area (Å²) in [5.41, 5.74) is 7.68. The summed E-state index contributed by atoms with van der Waals surface area (Å²) in [6, 6.07) is 0. The van der Waals surface area contributed by atoms with Crippen LogP contribution in [-0.2, 0) is 0 Å². The summed E-state index contributed by atoms with van der Waals surface area (Å²) >= 11 is 0. The average molecular weight is 262 g/mol. The molecule has 2 N–H and O–H groups in total. The number of nitrogens with two attached hydrogens (primary N) is 1. The molecule has 2 unspecified atom stereocenters. The molecule has 2 nitrogen and oxygen atoms in total. The van der Waals surface area contributed by atoms with Crippen LogP contribution >= 0.6 is 0 Å². The molecule has 0 amide bonds. The molecule has 0 spiro atoms. The van der Waals surface area contributed by atoms with Gasteiger partial charge in [-0.25, -0.2) is 0 Å². The van der Waals surface area contributed by atoms with Gasteiger partial charge in [0.15, 0.2) is 0 Å². The maximum atomic E-state index is 6.67. The number of hydrogen-bond donors (Lipinski definition) is 1. The van der Waals surface area contributed by atoms with Crippen molar-refractivity contribution in [1.82, 2.24) is 4.90 Å². The van der Waals surface area contributed by atoms with E-state index in [-0.39, 0.29) is 5.54 Å². The molecule has 4 bridgehead atoms. The second kappa shape index (κ2) is 3.76. The molecule has 4 saturated carbocycles.